The van der Waals surface area contributed by atoms with Crippen molar-refractivity contribution in [3.05, 3.63) is 0 Å². The van der Waals surface area contributed by atoms with Gasteiger partial charge in [0.05, 0.1) is 12.6 Å². The van der Waals surface area contributed by atoms with E-state index in [4.69, 9.17) is 0 Å². The molecule has 6 nitrogen and oxygen atoms in total. The third-order valence-corrected chi connectivity index (χ3v) is 7.89. The van der Waals surface area contributed by atoms with Crippen molar-refractivity contribution in [1.82, 2.24) is 20.4 Å². The van der Waals surface area contributed by atoms with Crippen molar-refractivity contribution in [3.8, 4) is 0 Å². The first-order chi connectivity index (χ1) is 14.0. The molecule has 4 fully saturated rings. The summed E-state index contributed by atoms with van der Waals surface area (Å²) in [5.74, 6) is 0.673. The van der Waals surface area contributed by atoms with E-state index < -0.39 is 6.17 Å². The third-order valence-electron chi connectivity index (χ3n) is 7.89. The molecule has 0 radical (unpaired) electrons. The molecule has 2 aliphatic heterocycles. The van der Waals surface area contributed by atoms with Crippen molar-refractivity contribution >= 4 is 11.8 Å². The number of halogens is 1. The van der Waals surface area contributed by atoms with Gasteiger partial charge in [0, 0.05) is 43.7 Å². The van der Waals surface area contributed by atoms with E-state index in [0.29, 0.717) is 31.3 Å². The zero-order chi connectivity index (χ0) is 20.5. The molecule has 4 rings (SSSR count). The lowest BCUT2D eigenvalue weighted by Gasteiger charge is -2.42. The fourth-order valence-corrected chi connectivity index (χ4v) is 6.10. The smallest absolute Gasteiger partial charge is 0.237 e. The molecule has 29 heavy (non-hydrogen) atoms. The van der Waals surface area contributed by atoms with Crippen LogP contribution in [0.25, 0.3) is 0 Å². The third kappa shape index (κ3) is 4.46. The van der Waals surface area contributed by atoms with E-state index in [-0.39, 0.29) is 35.9 Å². The van der Waals surface area contributed by atoms with Gasteiger partial charge in [0.25, 0.3) is 0 Å². The first-order valence-electron chi connectivity index (χ1n) is 11.7. The predicted octanol–water partition coefficient (Wildman–Crippen LogP) is 1.69. The number of piperazine rings is 1. The summed E-state index contributed by atoms with van der Waals surface area (Å²) in [5.41, 5.74) is 0. The summed E-state index contributed by atoms with van der Waals surface area (Å²) in [4.78, 5) is 29.4. The van der Waals surface area contributed by atoms with Gasteiger partial charge in [-0.15, -0.1) is 0 Å². The minimum Gasteiger partial charge on any atom is -0.352 e. The highest BCUT2D eigenvalue weighted by atomic mass is 19.1. The summed E-state index contributed by atoms with van der Waals surface area (Å²) >= 11 is 0. The van der Waals surface area contributed by atoms with E-state index in [1.165, 1.54) is 0 Å². The normalized spacial score (nSPS) is 41.3. The molecule has 2 saturated carbocycles. The van der Waals surface area contributed by atoms with Gasteiger partial charge in [-0.1, -0.05) is 6.92 Å². The molecule has 2 aliphatic carbocycles. The Morgan fingerprint density at radius 3 is 2.76 bits per heavy atom. The Kier molecular flexibility index (Phi) is 6.44. The van der Waals surface area contributed by atoms with E-state index in [9.17, 15) is 14.0 Å². The molecule has 4 aliphatic rings. The lowest BCUT2D eigenvalue weighted by Crippen LogP contribution is -2.56. The van der Waals surface area contributed by atoms with E-state index in [0.717, 1.165) is 51.7 Å². The number of hydrogen-bond donors (Lipinski definition) is 2. The fraction of sp³-hybridized carbons (Fsp3) is 0.909. The number of nitrogens with one attached hydrogen (secondary N) is 2. The van der Waals surface area contributed by atoms with Gasteiger partial charge in [-0.25, -0.2) is 4.39 Å². The van der Waals surface area contributed by atoms with Crippen molar-refractivity contribution in [2.75, 3.05) is 26.2 Å². The van der Waals surface area contributed by atoms with Crippen LogP contribution in [-0.2, 0) is 9.59 Å². The van der Waals surface area contributed by atoms with Crippen LogP contribution in [0.15, 0.2) is 0 Å². The molecule has 5 unspecified atom stereocenters. The van der Waals surface area contributed by atoms with Gasteiger partial charge in [0.15, 0.2) is 0 Å². The monoisotopic (exact) mass is 408 g/mol. The summed E-state index contributed by atoms with van der Waals surface area (Å²) in [5, 5.41) is 6.70. The SMILES string of the molecule is CCN1CCN([C@H]2CCC[C@@H](NC(=O)C3CC4C(F)CCC(C)C4N3)C2)CC1=O. The number of fused-ring (bicyclic) bond motifs is 1. The highest BCUT2D eigenvalue weighted by Crippen LogP contribution is 2.38. The van der Waals surface area contributed by atoms with E-state index in [1.54, 1.807) is 0 Å². The van der Waals surface area contributed by atoms with Gasteiger partial charge in [-0.05, 0) is 57.8 Å². The van der Waals surface area contributed by atoms with Crippen molar-refractivity contribution in [2.45, 2.75) is 89.1 Å². The van der Waals surface area contributed by atoms with Crippen LogP contribution >= 0.6 is 0 Å². The molecule has 0 aromatic rings. The molecule has 7 atom stereocenters. The fourth-order valence-electron chi connectivity index (χ4n) is 6.10. The molecule has 0 spiro atoms. The van der Waals surface area contributed by atoms with Gasteiger partial charge in [-0.3, -0.25) is 14.5 Å². The van der Waals surface area contributed by atoms with Crippen molar-refractivity contribution < 1.29 is 14.0 Å². The van der Waals surface area contributed by atoms with Gasteiger partial charge in [0.2, 0.25) is 11.8 Å². The van der Waals surface area contributed by atoms with Gasteiger partial charge >= 0.3 is 0 Å². The lowest BCUT2D eigenvalue weighted by molar-refractivity contribution is -0.137. The van der Waals surface area contributed by atoms with E-state index >= 15 is 0 Å². The summed E-state index contributed by atoms with van der Waals surface area (Å²) < 4.78 is 14.3. The van der Waals surface area contributed by atoms with Crippen LogP contribution in [-0.4, -0.2) is 78.1 Å². The molecule has 2 saturated heterocycles. The number of carbonyl (C=O) groups is 2. The van der Waals surface area contributed by atoms with Gasteiger partial charge < -0.3 is 15.5 Å². The average Bonchev–Trinajstić information content (AvgIpc) is 3.18. The molecular formula is C22H37FN4O2. The Labute approximate surface area is 173 Å². The van der Waals surface area contributed by atoms with Crippen LogP contribution in [0.2, 0.25) is 0 Å². The van der Waals surface area contributed by atoms with E-state index in [1.807, 2.05) is 11.8 Å². The van der Waals surface area contributed by atoms with Gasteiger partial charge in [0.1, 0.15) is 6.17 Å². The second-order valence-electron chi connectivity index (χ2n) is 9.69. The maximum absolute atomic E-state index is 14.3. The van der Waals surface area contributed by atoms with Crippen LogP contribution in [0.3, 0.4) is 0 Å². The zero-order valence-electron chi connectivity index (χ0n) is 17.9. The summed E-state index contributed by atoms with van der Waals surface area (Å²) in [7, 11) is 0. The maximum atomic E-state index is 14.3. The molecule has 2 heterocycles. The molecule has 0 aromatic heterocycles. The second kappa shape index (κ2) is 8.88. The summed E-state index contributed by atoms with van der Waals surface area (Å²) in [6.07, 6.45) is 5.44. The zero-order valence-corrected chi connectivity index (χ0v) is 17.9. The number of amides is 2. The first kappa shape index (κ1) is 21.0. The summed E-state index contributed by atoms with van der Waals surface area (Å²) in [6.45, 7) is 7.21. The highest BCUT2D eigenvalue weighted by Gasteiger charge is 2.46. The lowest BCUT2D eigenvalue weighted by atomic mass is 9.77. The molecule has 2 amide bonds. The maximum Gasteiger partial charge on any atom is 0.237 e. The Bertz CT molecular complexity index is 600. The highest BCUT2D eigenvalue weighted by molar-refractivity contribution is 5.82. The second-order valence-corrected chi connectivity index (χ2v) is 9.69. The van der Waals surface area contributed by atoms with Crippen LogP contribution in [0.5, 0.6) is 0 Å². The van der Waals surface area contributed by atoms with Crippen molar-refractivity contribution in [3.63, 3.8) is 0 Å². The van der Waals surface area contributed by atoms with Crippen LogP contribution in [0.1, 0.15) is 58.8 Å². The van der Waals surface area contributed by atoms with Crippen LogP contribution in [0.4, 0.5) is 4.39 Å². The molecule has 164 valence electrons. The Morgan fingerprint density at radius 2 is 2.03 bits per heavy atom. The number of alkyl halides is 1. The van der Waals surface area contributed by atoms with Crippen LogP contribution in [0, 0.1) is 11.8 Å². The number of nitrogens with zero attached hydrogens (tertiary/aromatic N) is 2. The quantitative estimate of drug-likeness (QED) is 0.743. The number of hydrogen-bond acceptors (Lipinski definition) is 4. The Hall–Kier alpha value is -1.21. The Balaban J connectivity index is 1.29. The first-order valence-corrected chi connectivity index (χ1v) is 11.7. The minimum atomic E-state index is -0.778. The number of likely N-dealkylation sites (N-methyl/N-ethyl adjacent to an activating group) is 1. The number of rotatable bonds is 4. The van der Waals surface area contributed by atoms with Crippen LogP contribution < -0.4 is 10.6 Å². The summed E-state index contributed by atoms with van der Waals surface area (Å²) in [6, 6.07) is 0.392. The van der Waals surface area contributed by atoms with Crippen molar-refractivity contribution in [2.24, 2.45) is 11.8 Å². The molecular weight excluding hydrogens is 371 g/mol. The predicted molar refractivity (Wildman–Crippen MR) is 110 cm³/mol. The topological polar surface area (TPSA) is 64.7 Å². The Morgan fingerprint density at radius 1 is 1.21 bits per heavy atom. The average molecular weight is 409 g/mol. The van der Waals surface area contributed by atoms with E-state index in [2.05, 4.69) is 22.5 Å². The minimum absolute atomic E-state index is 0.0190. The van der Waals surface area contributed by atoms with Crippen molar-refractivity contribution in [1.29, 1.82) is 0 Å². The molecule has 7 heteroatoms. The standard InChI is InChI=1S/C22H37FN4O2/c1-3-26-9-10-27(13-20(26)28)16-6-4-5-15(11-16)24-22(29)19-12-17-18(23)8-7-14(2)21(17)25-19/h14-19,21,25H,3-13H2,1-2H3,(H,24,29)/t14?,15-,16+,17?,18?,19?,21?/m1/s1. The molecule has 0 bridgehead atoms. The number of carbonyl (C=O) groups excluding carboxylic acids is 2. The molecule has 0 aromatic carbocycles. The van der Waals surface area contributed by atoms with Gasteiger partial charge in [-0.2, -0.15) is 0 Å². The molecule has 2 N–H and O–H groups in total. The largest absolute Gasteiger partial charge is 0.352 e.